The molecule has 1 N–H and O–H groups in total. The minimum atomic E-state index is 0.103. The molecule has 1 aliphatic heterocycles. The third-order valence-corrected chi connectivity index (χ3v) is 3.00. The van der Waals surface area contributed by atoms with Crippen LogP contribution in [-0.2, 0) is 0 Å². The van der Waals surface area contributed by atoms with Crippen LogP contribution in [0.15, 0.2) is 18.2 Å². The van der Waals surface area contributed by atoms with Gasteiger partial charge in [0, 0.05) is 0 Å². The molecule has 15 heavy (non-hydrogen) atoms. The normalized spacial score (nSPS) is 19.5. The van der Waals surface area contributed by atoms with E-state index in [4.69, 9.17) is 16.3 Å². The molecule has 1 atom stereocenters. The summed E-state index contributed by atoms with van der Waals surface area (Å²) in [7, 11) is 1.60. The van der Waals surface area contributed by atoms with Crippen LogP contribution in [0.2, 0.25) is 0 Å². The van der Waals surface area contributed by atoms with Crippen molar-refractivity contribution in [2.75, 3.05) is 13.7 Å². The fourth-order valence-corrected chi connectivity index (χ4v) is 2.10. The van der Waals surface area contributed by atoms with Crippen molar-refractivity contribution >= 4 is 22.3 Å². The Morgan fingerprint density at radius 2 is 2.20 bits per heavy atom. The summed E-state index contributed by atoms with van der Waals surface area (Å²) in [6.45, 7) is 2.25. The van der Waals surface area contributed by atoms with Gasteiger partial charge in [0.05, 0.1) is 23.3 Å². The van der Waals surface area contributed by atoms with Gasteiger partial charge in [-0.05, 0) is 25.1 Å². The van der Waals surface area contributed by atoms with Crippen LogP contribution in [0, 0.1) is 12.1 Å². The van der Waals surface area contributed by atoms with Gasteiger partial charge in [0.15, 0.2) is 0 Å². The zero-order valence-electron chi connectivity index (χ0n) is 8.63. The molecule has 3 nitrogen and oxygen atoms in total. The van der Waals surface area contributed by atoms with Gasteiger partial charge in [-0.25, -0.2) is 0 Å². The predicted octanol–water partition coefficient (Wildman–Crippen LogP) is 1.61. The smallest absolute Gasteiger partial charge is 0.146 e. The van der Waals surface area contributed by atoms with Gasteiger partial charge in [0.2, 0.25) is 0 Å². The molecule has 0 aliphatic carbocycles. The number of hydrogen-bond acceptors (Lipinski definition) is 2. The number of hydroxylamine groups is 1. The molecule has 0 radical (unpaired) electrons. The topological polar surface area (TPSA) is 36.7 Å². The minimum absolute atomic E-state index is 0.103. The summed E-state index contributed by atoms with van der Waals surface area (Å²) in [5.74, 6) is 0.730. The Hall–Kier alpha value is -1.03. The monoisotopic (exact) mass is 225 g/mol. The van der Waals surface area contributed by atoms with Crippen molar-refractivity contribution in [3.8, 4) is 5.75 Å². The maximum Gasteiger partial charge on any atom is 0.146 e. The second-order valence-corrected chi connectivity index (χ2v) is 3.90. The molecular weight excluding hydrogens is 214 g/mol. The number of nitrogens with one attached hydrogen (secondary N) is 1. The number of ether oxygens (including phenoxy) is 1. The highest BCUT2D eigenvalue weighted by Gasteiger charge is 2.21. The van der Waals surface area contributed by atoms with Crippen LogP contribution in [0.5, 0.6) is 5.75 Å². The Morgan fingerprint density at radius 3 is 2.87 bits per heavy atom. The maximum absolute atomic E-state index is 11.8. The van der Waals surface area contributed by atoms with Crippen LogP contribution in [0.4, 0.5) is 5.69 Å². The summed E-state index contributed by atoms with van der Waals surface area (Å²) in [6, 6.07) is 3.67. The Bertz CT molecular complexity index is 429. The molecule has 1 heterocycles. The number of methoxy groups -OCH3 is 1. The van der Waals surface area contributed by atoms with Gasteiger partial charge in [-0.15, -0.1) is 0 Å². The van der Waals surface area contributed by atoms with Gasteiger partial charge in [-0.2, -0.15) is 0 Å². The third kappa shape index (κ3) is 1.63. The van der Waals surface area contributed by atoms with Crippen LogP contribution >= 0.6 is 11.6 Å². The van der Waals surface area contributed by atoms with E-state index >= 15 is 0 Å². The van der Waals surface area contributed by atoms with Gasteiger partial charge in [-0.3, -0.25) is 0 Å². The van der Waals surface area contributed by atoms with Crippen molar-refractivity contribution in [2.24, 2.45) is 0 Å². The molecule has 1 aromatic carbocycles. The van der Waals surface area contributed by atoms with Gasteiger partial charge < -0.3 is 15.0 Å². The zero-order chi connectivity index (χ0) is 11.0. The third-order valence-electron chi connectivity index (χ3n) is 2.64. The molecule has 2 rings (SSSR count). The molecule has 0 spiro atoms. The van der Waals surface area contributed by atoms with Crippen LogP contribution in [0.1, 0.15) is 11.1 Å². The lowest BCUT2D eigenvalue weighted by Gasteiger charge is -2.28. The SMILES string of the molecule is COc1ccc2c(c1C)[NH+]([O-])CC=C2Cl. The molecule has 1 aliphatic rings. The lowest BCUT2D eigenvalue weighted by Crippen LogP contribution is -3.02. The number of hydrogen-bond donors (Lipinski definition) is 1. The molecule has 4 heteroatoms. The highest BCUT2D eigenvalue weighted by molar-refractivity contribution is 6.49. The van der Waals surface area contributed by atoms with Gasteiger partial charge in [0.25, 0.3) is 0 Å². The Labute approximate surface area is 93.5 Å². The van der Waals surface area contributed by atoms with Crippen molar-refractivity contribution in [1.82, 2.24) is 0 Å². The van der Waals surface area contributed by atoms with Crippen LogP contribution in [-0.4, -0.2) is 13.7 Å². The highest BCUT2D eigenvalue weighted by atomic mass is 35.5. The fourth-order valence-electron chi connectivity index (χ4n) is 1.87. The lowest BCUT2D eigenvalue weighted by atomic mass is 10.0. The van der Waals surface area contributed by atoms with Crippen LogP contribution in [0.25, 0.3) is 5.03 Å². The molecule has 80 valence electrons. The van der Waals surface area contributed by atoms with Crippen molar-refractivity contribution < 1.29 is 9.80 Å². The summed E-state index contributed by atoms with van der Waals surface area (Å²) in [4.78, 5) is 0. The molecule has 0 aromatic heterocycles. The fraction of sp³-hybridized carbons (Fsp3) is 0.273. The second-order valence-electron chi connectivity index (χ2n) is 3.49. The van der Waals surface area contributed by atoms with E-state index in [2.05, 4.69) is 0 Å². The summed E-state index contributed by atoms with van der Waals surface area (Å²) in [5, 5.41) is 12.5. The standard InChI is InChI=1S/C11H12ClNO2/c1-7-10(15-2)4-3-8-9(12)5-6-13(14)11(7)8/h3-5,13H,6H2,1-2H3. The van der Waals surface area contributed by atoms with Gasteiger partial charge >= 0.3 is 0 Å². The molecule has 0 fully saturated rings. The first-order valence-corrected chi connectivity index (χ1v) is 5.09. The number of halogens is 1. The number of quaternary nitrogens is 1. The molecule has 0 bridgehead atoms. The average Bonchev–Trinajstić information content (AvgIpc) is 2.23. The van der Waals surface area contributed by atoms with Crippen molar-refractivity contribution in [2.45, 2.75) is 6.92 Å². The molecule has 1 aromatic rings. The van der Waals surface area contributed by atoms with Gasteiger partial charge in [-0.1, -0.05) is 11.6 Å². The Balaban J connectivity index is 2.65. The van der Waals surface area contributed by atoms with E-state index in [1.807, 2.05) is 19.1 Å². The predicted molar refractivity (Wildman–Crippen MR) is 60.4 cm³/mol. The lowest BCUT2D eigenvalue weighted by molar-refractivity contribution is -0.770. The Kier molecular flexibility index (Phi) is 2.69. The number of rotatable bonds is 1. The first-order valence-electron chi connectivity index (χ1n) is 4.72. The summed E-state index contributed by atoms with van der Waals surface area (Å²) in [6.07, 6.45) is 1.75. The largest absolute Gasteiger partial charge is 0.629 e. The molecule has 0 amide bonds. The average molecular weight is 226 g/mol. The molecule has 0 saturated carbocycles. The van der Waals surface area contributed by atoms with Crippen molar-refractivity contribution in [3.63, 3.8) is 0 Å². The van der Waals surface area contributed by atoms with Gasteiger partial charge in [0.1, 0.15) is 18.0 Å². The molecule has 1 unspecified atom stereocenters. The number of fused-ring (bicyclic) bond motifs is 1. The van der Waals surface area contributed by atoms with Crippen LogP contribution in [0.3, 0.4) is 0 Å². The maximum atomic E-state index is 11.8. The minimum Gasteiger partial charge on any atom is -0.629 e. The summed E-state index contributed by atoms with van der Waals surface area (Å²) < 4.78 is 5.18. The Morgan fingerprint density at radius 1 is 1.47 bits per heavy atom. The van der Waals surface area contributed by atoms with E-state index in [0.29, 0.717) is 17.3 Å². The van der Waals surface area contributed by atoms with E-state index < -0.39 is 0 Å². The highest BCUT2D eigenvalue weighted by Crippen LogP contribution is 2.33. The van der Waals surface area contributed by atoms with Crippen molar-refractivity contribution in [1.29, 1.82) is 0 Å². The van der Waals surface area contributed by atoms with E-state index in [9.17, 15) is 5.21 Å². The zero-order valence-corrected chi connectivity index (χ0v) is 9.39. The molecular formula is C11H12ClNO2. The summed E-state index contributed by atoms with van der Waals surface area (Å²) in [5.41, 5.74) is 2.37. The van der Waals surface area contributed by atoms with E-state index in [-0.39, 0.29) is 5.06 Å². The van der Waals surface area contributed by atoms with Crippen molar-refractivity contribution in [3.05, 3.63) is 34.5 Å². The summed E-state index contributed by atoms with van der Waals surface area (Å²) >= 11 is 6.05. The van der Waals surface area contributed by atoms with E-state index in [0.717, 1.165) is 16.9 Å². The second kappa shape index (κ2) is 3.85. The van der Waals surface area contributed by atoms with E-state index in [1.165, 1.54) is 0 Å². The van der Waals surface area contributed by atoms with E-state index in [1.54, 1.807) is 13.2 Å². The van der Waals surface area contributed by atoms with Crippen LogP contribution < -0.4 is 9.80 Å². The quantitative estimate of drug-likeness (QED) is 0.738. The first-order chi connectivity index (χ1) is 7.15. The number of benzene rings is 1. The first kappa shape index (κ1) is 10.5. The molecule has 0 saturated heterocycles.